The largest absolute Gasteiger partial charge is 0.497 e. The van der Waals surface area contributed by atoms with Crippen molar-refractivity contribution in [2.75, 3.05) is 14.2 Å². The van der Waals surface area contributed by atoms with Gasteiger partial charge in [0.05, 0.1) is 19.9 Å². The van der Waals surface area contributed by atoms with Crippen molar-refractivity contribution in [1.29, 1.82) is 0 Å². The maximum absolute atomic E-state index is 13.9. The lowest BCUT2D eigenvalue weighted by Crippen LogP contribution is -2.06. The maximum atomic E-state index is 13.9. The summed E-state index contributed by atoms with van der Waals surface area (Å²) in [5, 5.41) is 0.890. The summed E-state index contributed by atoms with van der Waals surface area (Å²) >= 11 is 0. The summed E-state index contributed by atoms with van der Waals surface area (Å²) in [7, 11) is 2.87. The van der Waals surface area contributed by atoms with Crippen molar-refractivity contribution in [1.82, 2.24) is 9.97 Å². The van der Waals surface area contributed by atoms with Crippen molar-refractivity contribution in [3.63, 3.8) is 0 Å². The fourth-order valence-electron chi connectivity index (χ4n) is 3.42. The van der Waals surface area contributed by atoms with Crippen molar-refractivity contribution in [2.24, 2.45) is 0 Å². The Labute approximate surface area is 171 Å². The second-order valence-electron chi connectivity index (χ2n) is 6.70. The van der Waals surface area contributed by atoms with Gasteiger partial charge in [-0.15, -0.1) is 0 Å². The fraction of sp³-hybridized carbons (Fsp3) is 0.130. The molecule has 0 fully saturated rings. The topological polar surface area (TPSA) is 64.2 Å². The number of esters is 1. The highest BCUT2D eigenvalue weighted by Gasteiger charge is 2.17. The van der Waals surface area contributed by atoms with E-state index in [9.17, 15) is 13.6 Å². The van der Waals surface area contributed by atoms with E-state index in [1.54, 1.807) is 25.3 Å². The van der Waals surface area contributed by atoms with Crippen LogP contribution in [0.2, 0.25) is 0 Å². The van der Waals surface area contributed by atoms with E-state index in [4.69, 9.17) is 9.47 Å². The molecule has 5 nitrogen and oxygen atoms in total. The molecule has 0 unspecified atom stereocenters. The lowest BCUT2D eigenvalue weighted by atomic mass is 10.0. The number of carbonyl (C=O) groups excluding carboxylic acids is 1. The lowest BCUT2D eigenvalue weighted by Gasteiger charge is -2.07. The van der Waals surface area contributed by atoms with Gasteiger partial charge in [0.15, 0.2) is 11.6 Å². The van der Waals surface area contributed by atoms with Crippen LogP contribution >= 0.6 is 0 Å². The Balaban J connectivity index is 1.86. The molecular weight excluding hydrogens is 390 g/mol. The molecule has 0 aliphatic heterocycles. The van der Waals surface area contributed by atoms with Crippen molar-refractivity contribution in [3.05, 3.63) is 83.2 Å². The third-order valence-electron chi connectivity index (χ3n) is 4.88. The fourth-order valence-corrected chi connectivity index (χ4v) is 3.42. The van der Waals surface area contributed by atoms with Gasteiger partial charge in [-0.05, 0) is 48.0 Å². The first kappa shape index (κ1) is 19.6. The van der Waals surface area contributed by atoms with Crippen LogP contribution in [0.1, 0.15) is 21.7 Å². The van der Waals surface area contributed by atoms with Gasteiger partial charge >= 0.3 is 5.97 Å². The number of hydrogen-bond acceptors (Lipinski definition) is 4. The molecule has 0 amide bonds. The first-order valence-electron chi connectivity index (χ1n) is 9.18. The number of pyridine rings is 1. The van der Waals surface area contributed by atoms with Crippen molar-refractivity contribution in [2.45, 2.75) is 6.42 Å². The third kappa shape index (κ3) is 3.61. The van der Waals surface area contributed by atoms with E-state index in [-0.39, 0.29) is 5.69 Å². The van der Waals surface area contributed by atoms with Gasteiger partial charge in [-0.1, -0.05) is 6.07 Å². The second-order valence-corrected chi connectivity index (χ2v) is 6.70. The number of nitrogens with one attached hydrogen (secondary N) is 1. The zero-order valence-electron chi connectivity index (χ0n) is 16.3. The Hall–Kier alpha value is -3.74. The Bertz CT molecular complexity index is 1250. The summed E-state index contributed by atoms with van der Waals surface area (Å²) in [6.45, 7) is 0. The predicted octanol–water partition coefficient (Wildman–Crippen LogP) is 4.89. The highest BCUT2D eigenvalue weighted by molar-refractivity contribution is 5.92. The Morgan fingerprint density at radius 2 is 1.87 bits per heavy atom. The minimum absolute atomic E-state index is 0.200. The van der Waals surface area contributed by atoms with Crippen molar-refractivity contribution in [3.8, 4) is 17.0 Å². The molecule has 7 heteroatoms. The molecule has 0 aliphatic carbocycles. The van der Waals surface area contributed by atoms with Gasteiger partial charge in [0, 0.05) is 34.6 Å². The van der Waals surface area contributed by atoms with E-state index in [1.807, 2.05) is 18.2 Å². The zero-order chi connectivity index (χ0) is 21.3. The summed E-state index contributed by atoms with van der Waals surface area (Å²) < 4.78 is 37.4. The van der Waals surface area contributed by atoms with Crippen molar-refractivity contribution < 1.29 is 23.0 Å². The predicted molar refractivity (Wildman–Crippen MR) is 109 cm³/mol. The summed E-state index contributed by atoms with van der Waals surface area (Å²) in [6, 6.07) is 14.4. The molecule has 4 rings (SSSR count). The minimum atomic E-state index is -0.930. The van der Waals surface area contributed by atoms with Crippen LogP contribution < -0.4 is 4.74 Å². The molecule has 2 aromatic carbocycles. The third-order valence-corrected chi connectivity index (χ3v) is 4.88. The number of benzene rings is 2. The number of rotatable bonds is 5. The number of methoxy groups -OCH3 is 2. The van der Waals surface area contributed by atoms with Gasteiger partial charge in [-0.25, -0.2) is 18.6 Å². The second kappa shape index (κ2) is 7.94. The molecule has 30 heavy (non-hydrogen) atoms. The highest BCUT2D eigenvalue weighted by atomic mass is 19.2. The van der Waals surface area contributed by atoms with Gasteiger partial charge in [0.1, 0.15) is 11.4 Å². The Kier molecular flexibility index (Phi) is 5.18. The molecule has 0 radical (unpaired) electrons. The number of aromatic nitrogens is 2. The van der Waals surface area contributed by atoms with Gasteiger partial charge in [-0.3, -0.25) is 0 Å². The van der Waals surface area contributed by atoms with E-state index in [2.05, 4.69) is 9.97 Å². The van der Waals surface area contributed by atoms with Crippen LogP contribution in [0, 0.1) is 11.6 Å². The first-order valence-corrected chi connectivity index (χ1v) is 9.18. The number of fused-ring (bicyclic) bond motifs is 1. The average molecular weight is 408 g/mol. The van der Waals surface area contributed by atoms with Crippen LogP contribution in [0.5, 0.6) is 5.75 Å². The minimum Gasteiger partial charge on any atom is -0.497 e. The van der Waals surface area contributed by atoms with E-state index in [0.29, 0.717) is 29.1 Å². The molecule has 0 saturated heterocycles. The number of carbonyl (C=O) groups is 1. The summed E-state index contributed by atoms with van der Waals surface area (Å²) in [5.74, 6) is -1.70. The summed E-state index contributed by atoms with van der Waals surface area (Å²) in [5.41, 5.74) is 3.61. The molecular formula is C23H18F2N2O3. The van der Waals surface area contributed by atoms with E-state index in [0.717, 1.165) is 28.6 Å². The number of halogens is 2. The van der Waals surface area contributed by atoms with Crippen LogP contribution in [0.4, 0.5) is 8.78 Å². The number of hydrogen-bond donors (Lipinski definition) is 1. The SMILES string of the molecule is COC(=O)c1cccc(Cc2c(-c3ccc(F)c(F)c3)[nH]c3cc(OC)ccc23)n1. The number of H-pyrrole nitrogens is 1. The average Bonchev–Trinajstić information content (AvgIpc) is 3.12. The lowest BCUT2D eigenvalue weighted by molar-refractivity contribution is 0.0593. The molecule has 2 aromatic heterocycles. The van der Waals surface area contributed by atoms with Crippen LogP contribution in [0.3, 0.4) is 0 Å². The Morgan fingerprint density at radius 1 is 1.03 bits per heavy atom. The number of aromatic amines is 1. The number of nitrogens with zero attached hydrogens (tertiary/aromatic N) is 1. The molecule has 0 saturated carbocycles. The summed E-state index contributed by atoms with van der Waals surface area (Å²) in [6.07, 6.45) is 0.367. The maximum Gasteiger partial charge on any atom is 0.356 e. The smallest absolute Gasteiger partial charge is 0.356 e. The molecule has 4 aromatic rings. The van der Waals surface area contributed by atoms with E-state index < -0.39 is 17.6 Å². The monoisotopic (exact) mass is 408 g/mol. The molecule has 0 spiro atoms. The van der Waals surface area contributed by atoms with Crippen LogP contribution in [0.25, 0.3) is 22.2 Å². The quantitative estimate of drug-likeness (QED) is 0.478. The van der Waals surface area contributed by atoms with Gasteiger partial charge in [-0.2, -0.15) is 0 Å². The standard InChI is InChI=1S/C23H18F2N2O3/c1-29-15-7-8-16-17(11-14-4-3-5-20(26-14)23(28)30-2)22(27-21(16)12-15)13-6-9-18(24)19(25)10-13/h3-10,12,27H,11H2,1-2H3. The molecule has 0 atom stereocenters. The van der Waals surface area contributed by atoms with Gasteiger partial charge in [0.2, 0.25) is 0 Å². The van der Waals surface area contributed by atoms with Crippen LogP contribution in [-0.2, 0) is 11.2 Å². The molecule has 1 N–H and O–H groups in total. The number of ether oxygens (including phenoxy) is 2. The molecule has 0 aliphatic rings. The first-order chi connectivity index (χ1) is 14.5. The molecule has 2 heterocycles. The van der Waals surface area contributed by atoms with Crippen molar-refractivity contribution >= 4 is 16.9 Å². The van der Waals surface area contributed by atoms with E-state index >= 15 is 0 Å². The van der Waals surface area contributed by atoms with Gasteiger partial charge < -0.3 is 14.5 Å². The molecule has 0 bridgehead atoms. The molecule has 152 valence electrons. The summed E-state index contributed by atoms with van der Waals surface area (Å²) in [4.78, 5) is 19.5. The normalized spacial score (nSPS) is 10.9. The van der Waals surface area contributed by atoms with Crippen LogP contribution in [0.15, 0.2) is 54.6 Å². The highest BCUT2D eigenvalue weighted by Crippen LogP contribution is 2.34. The van der Waals surface area contributed by atoms with Gasteiger partial charge in [0.25, 0.3) is 0 Å². The zero-order valence-corrected chi connectivity index (χ0v) is 16.3. The van der Waals surface area contributed by atoms with E-state index in [1.165, 1.54) is 13.2 Å². The van der Waals surface area contributed by atoms with Crippen LogP contribution in [-0.4, -0.2) is 30.2 Å². The Morgan fingerprint density at radius 3 is 2.60 bits per heavy atom.